The van der Waals surface area contributed by atoms with E-state index < -0.39 is 10.9 Å². The molecule has 0 saturated carbocycles. The standard InChI is InChI=1S/C22H17N5O5/c28-22(29)10-15-11-25-21(12-24-15)26-20-9-14(7-8-23-20)13-32-19-6-5-18(27(30)31)16-3-1-2-4-17(16)19/h1-9,11-12H,10,13H2,(H,28,29)(H,23,25,26). The SMILES string of the molecule is O=C(O)Cc1cnc(Nc2cc(COc3ccc([N+](=O)[O-])c4ccccc34)ccn2)cn1. The number of nitrogens with zero attached hydrogens (tertiary/aromatic N) is 4. The van der Waals surface area contributed by atoms with Gasteiger partial charge in [0.1, 0.15) is 24.0 Å². The van der Waals surface area contributed by atoms with Crippen LogP contribution in [0.2, 0.25) is 0 Å². The van der Waals surface area contributed by atoms with E-state index in [4.69, 9.17) is 9.84 Å². The lowest BCUT2D eigenvalue weighted by atomic mass is 10.1. The lowest BCUT2D eigenvalue weighted by molar-refractivity contribution is -0.383. The first-order chi connectivity index (χ1) is 15.5. The first-order valence-corrected chi connectivity index (χ1v) is 9.53. The van der Waals surface area contributed by atoms with Crippen molar-refractivity contribution in [3.8, 4) is 5.75 Å². The van der Waals surface area contributed by atoms with E-state index in [0.717, 1.165) is 5.56 Å². The Morgan fingerprint density at radius 2 is 1.84 bits per heavy atom. The summed E-state index contributed by atoms with van der Waals surface area (Å²) in [7, 11) is 0. The molecule has 0 unspecified atom stereocenters. The van der Waals surface area contributed by atoms with Crippen LogP contribution in [0.4, 0.5) is 17.3 Å². The molecule has 2 N–H and O–H groups in total. The predicted octanol–water partition coefficient (Wildman–Crippen LogP) is 3.88. The van der Waals surface area contributed by atoms with E-state index in [1.807, 2.05) is 0 Å². The molecular formula is C22H17N5O5. The number of nitrogens with one attached hydrogen (secondary N) is 1. The van der Waals surface area contributed by atoms with E-state index >= 15 is 0 Å². The number of hydrogen-bond acceptors (Lipinski definition) is 8. The molecule has 0 aliphatic heterocycles. The lowest BCUT2D eigenvalue weighted by Gasteiger charge is -2.11. The van der Waals surface area contributed by atoms with Crippen LogP contribution in [-0.4, -0.2) is 31.0 Å². The van der Waals surface area contributed by atoms with Crippen LogP contribution in [0.15, 0.2) is 67.1 Å². The summed E-state index contributed by atoms with van der Waals surface area (Å²) in [4.78, 5) is 34.0. The zero-order valence-electron chi connectivity index (χ0n) is 16.6. The molecule has 32 heavy (non-hydrogen) atoms. The van der Waals surface area contributed by atoms with Crippen molar-refractivity contribution in [2.24, 2.45) is 0 Å². The fraction of sp³-hybridized carbons (Fsp3) is 0.0909. The van der Waals surface area contributed by atoms with Gasteiger partial charge in [-0.3, -0.25) is 19.9 Å². The van der Waals surface area contributed by atoms with Crippen molar-refractivity contribution in [2.45, 2.75) is 13.0 Å². The molecule has 0 amide bonds. The van der Waals surface area contributed by atoms with Gasteiger partial charge in [-0.05, 0) is 29.8 Å². The third-order valence-corrected chi connectivity index (χ3v) is 4.57. The number of aromatic nitrogens is 3. The van der Waals surface area contributed by atoms with Crippen LogP contribution in [0.5, 0.6) is 5.75 Å². The maximum atomic E-state index is 11.3. The van der Waals surface area contributed by atoms with Crippen molar-refractivity contribution in [3.63, 3.8) is 0 Å². The van der Waals surface area contributed by atoms with Crippen molar-refractivity contribution in [1.29, 1.82) is 0 Å². The van der Waals surface area contributed by atoms with Gasteiger partial charge in [0.2, 0.25) is 0 Å². The summed E-state index contributed by atoms with van der Waals surface area (Å²) < 4.78 is 5.94. The highest BCUT2D eigenvalue weighted by atomic mass is 16.6. The predicted molar refractivity (Wildman–Crippen MR) is 116 cm³/mol. The molecule has 0 atom stereocenters. The summed E-state index contributed by atoms with van der Waals surface area (Å²) in [6.07, 6.45) is 4.24. The van der Waals surface area contributed by atoms with Gasteiger partial charge >= 0.3 is 5.97 Å². The van der Waals surface area contributed by atoms with E-state index in [0.29, 0.717) is 33.9 Å². The average Bonchev–Trinajstić information content (AvgIpc) is 2.78. The summed E-state index contributed by atoms with van der Waals surface area (Å²) >= 11 is 0. The van der Waals surface area contributed by atoms with Crippen LogP contribution in [0.3, 0.4) is 0 Å². The Bertz CT molecular complexity index is 1290. The van der Waals surface area contributed by atoms with Crippen molar-refractivity contribution < 1.29 is 19.6 Å². The number of carboxylic acid groups (broad SMARTS) is 1. The minimum Gasteiger partial charge on any atom is -0.488 e. The zero-order chi connectivity index (χ0) is 22.5. The summed E-state index contributed by atoms with van der Waals surface area (Å²) in [5.74, 6) is 0.499. The number of ether oxygens (including phenoxy) is 1. The van der Waals surface area contributed by atoms with Gasteiger partial charge in [0.15, 0.2) is 0 Å². The molecule has 10 nitrogen and oxygen atoms in total. The molecule has 0 bridgehead atoms. The van der Waals surface area contributed by atoms with Gasteiger partial charge in [0, 0.05) is 17.6 Å². The summed E-state index contributed by atoms with van der Waals surface area (Å²) in [6, 6.07) is 13.6. The van der Waals surface area contributed by atoms with E-state index in [1.54, 1.807) is 48.7 Å². The topological polar surface area (TPSA) is 140 Å². The molecule has 0 spiro atoms. The number of aliphatic carboxylic acids is 1. The molecule has 0 radical (unpaired) electrons. The number of carboxylic acids is 1. The quantitative estimate of drug-likeness (QED) is 0.314. The maximum Gasteiger partial charge on any atom is 0.309 e. The third kappa shape index (κ3) is 4.75. The number of nitro groups is 1. The van der Waals surface area contributed by atoms with Crippen molar-refractivity contribution in [3.05, 3.63) is 88.5 Å². The normalized spacial score (nSPS) is 10.6. The Kier molecular flexibility index (Phi) is 5.84. The molecule has 0 aliphatic carbocycles. The van der Waals surface area contributed by atoms with Crippen LogP contribution >= 0.6 is 0 Å². The fourth-order valence-electron chi connectivity index (χ4n) is 3.13. The van der Waals surface area contributed by atoms with Gasteiger partial charge in [-0.1, -0.05) is 18.2 Å². The Morgan fingerprint density at radius 1 is 1.03 bits per heavy atom. The molecule has 0 fully saturated rings. The Morgan fingerprint density at radius 3 is 2.56 bits per heavy atom. The average molecular weight is 431 g/mol. The van der Waals surface area contributed by atoms with Crippen LogP contribution in [0.1, 0.15) is 11.3 Å². The van der Waals surface area contributed by atoms with Crippen molar-refractivity contribution in [2.75, 3.05) is 5.32 Å². The second-order valence-corrected chi connectivity index (χ2v) is 6.81. The number of fused-ring (bicyclic) bond motifs is 1. The fourth-order valence-corrected chi connectivity index (χ4v) is 3.13. The smallest absolute Gasteiger partial charge is 0.309 e. The molecule has 10 heteroatoms. The first kappa shape index (κ1) is 20.7. The second kappa shape index (κ2) is 9.04. The largest absolute Gasteiger partial charge is 0.488 e. The van der Waals surface area contributed by atoms with E-state index in [-0.39, 0.29) is 18.7 Å². The van der Waals surface area contributed by atoms with Crippen molar-refractivity contribution >= 4 is 34.1 Å². The number of anilines is 2. The van der Waals surface area contributed by atoms with Gasteiger partial charge in [0.05, 0.1) is 34.8 Å². The van der Waals surface area contributed by atoms with Crippen molar-refractivity contribution in [1.82, 2.24) is 15.0 Å². The third-order valence-electron chi connectivity index (χ3n) is 4.57. The maximum absolute atomic E-state index is 11.3. The summed E-state index contributed by atoms with van der Waals surface area (Å²) in [5, 5.41) is 24.2. The summed E-state index contributed by atoms with van der Waals surface area (Å²) in [6.45, 7) is 0.224. The Labute approximate surface area is 181 Å². The van der Waals surface area contributed by atoms with Gasteiger partial charge in [0.25, 0.3) is 5.69 Å². The summed E-state index contributed by atoms with van der Waals surface area (Å²) in [5.41, 5.74) is 1.20. The number of nitro benzene ring substituents is 1. The number of non-ortho nitro benzene ring substituents is 1. The zero-order valence-corrected chi connectivity index (χ0v) is 16.6. The number of hydrogen-bond donors (Lipinski definition) is 2. The van der Waals surface area contributed by atoms with Gasteiger partial charge in [-0.2, -0.15) is 0 Å². The second-order valence-electron chi connectivity index (χ2n) is 6.81. The van der Waals surface area contributed by atoms with E-state index in [9.17, 15) is 14.9 Å². The lowest BCUT2D eigenvalue weighted by Crippen LogP contribution is -2.04. The highest BCUT2D eigenvalue weighted by molar-refractivity contribution is 5.95. The monoisotopic (exact) mass is 431 g/mol. The van der Waals surface area contributed by atoms with E-state index in [2.05, 4.69) is 20.3 Å². The molecule has 4 aromatic rings. The Balaban J connectivity index is 1.47. The van der Waals surface area contributed by atoms with Crippen LogP contribution in [0, 0.1) is 10.1 Å². The highest BCUT2D eigenvalue weighted by Gasteiger charge is 2.14. The highest BCUT2D eigenvalue weighted by Crippen LogP contribution is 2.33. The number of benzene rings is 2. The molecule has 2 heterocycles. The van der Waals surface area contributed by atoms with Gasteiger partial charge in [-0.15, -0.1) is 0 Å². The van der Waals surface area contributed by atoms with Crippen LogP contribution in [0.25, 0.3) is 10.8 Å². The minimum atomic E-state index is -0.977. The minimum absolute atomic E-state index is 0.0267. The molecular weight excluding hydrogens is 414 g/mol. The van der Waals surface area contributed by atoms with Crippen LogP contribution in [-0.2, 0) is 17.8 Å². The van der Waals surface area contributed by atoms with Crippen LogP contribution < -0.4 is 10.1 Å². The molecule has 2 aromatic carbocycles. The number of rotatable bonds is 8. The first-order valence-electron chi connectivity index (χ1n) is 9.53. The Hall–Kier alpha value is -4.60. The molecule has 0 aliphatic rings. The van der Waals surface area contributed by atoms with Gasteiger partial charge < -0.3 is 15.2 Å². The van der Waals surface area contributed by atoms with E-state index in [1.165, 1.54) is 18.5 Å². The molecule has 160 valence electrons. The number of carbonyl (C=O) groups is 1. The molecule has 2 aromatic heterocycles. The van der Waals surface area contributed by atoms with Gasteiger partial charge in [-0.25, -0.2) is 9.97 Å². The molecule has 0 saturated heterocycles. The molecule has 4 rings (SSSR count). The number of pyridine rings is 1.